The highest BCUT2D eigenvalue weighted by Crippen LogP contribution is 2.36. The van der Waals surface area contributed by atoms with Crippen molar-refractivity contribution in [2.75, 3.05) is 26.7 Å². The molecule has 1 N–H and O–H groups in total. The van der Waals surface area contributed by atoms with Crippen molar-refractivity contribution in [3.8, 4) is 0 Å². The van der Waals surface area contributed by atoms with Crippen molar-refractivity contribution in [3.05, 3.63) is 35.4 Å². The average Bonchev–Trinajstić information content (AvgIpc) is 2.97. The number of ether oxygens (including phenoxy) is 1. The van der Waals surface area contributed by atoms with E-state index < -0.39 is 40.9 Å². The Kier molecular flexibility index (Phi) is 6.83. The summed E-state index contributed by atoms with van der Waals surface area (Å²) in [5.74, 6) is -1.21. The molecule has 2 heterocycles. The van der Waals surface area contributed by atoms with Crippen LogP contribution in [0.1, 0.15) is 49.0 Å². The Balaban J connectivity index is 1.79. The van der Waals surface area contributed by atoms with Gasteiger partial charge < -0.3 is 14.5 Å². The molecule has 7 nitrogen and oxygen atoms in total. The number of nitrogens with zero attached hydrogens (tertiary/aromatic N) is 2. The van der Waals surface area contributed by atoms with E-state index in [9.17, 15) is 27.6 Å². The fourth-order valence-corrected chi connectivity index (χ4v) is 4.50. The fraction of sp³-hybridized carbons (Fsp3) is 0.591. The monoisotopic (exact) mass is 455 g/mol. The van der Waals surface area contributed by atoms with Crippen LogP contribution in [0.3, 0.4) is 0 Å². The summed E-state index contributed by atoms with van der Waals surface area (Å²) in [6, 6.07) is 4.25. The van der Waals surface area contributed by atoms with Gasteiger partial charge in [-0.25, -0.2) is 0 Å². The predicted molar refractivity (Wildman–Crippen MR) is 109 cm³/mol. The van der Waals surface area contributed by atoms with Gasteiger partial charge in [-0.15, -0.1) is 0 Å². The van der Waals surface area contributed by atoms with Crippen molar-refractivity contribution in [2.45, 2.75) is 51.0 Å². The molecular formula is C22H28F3N3O4. The topological polar surface area (TPSA) is 79.0 Å². The van der Waals surface area contributed by atoms with E-state index in [1.165, 1.54) is 35.1 Å². The van der Waals surface area contributed by atoms with Crippen LogP contribution in [0.25, 0.3) is 0 Å². The zero-order valence-corrected chi connectivity index (χ0v) is 18.4. The third-order valence-corrected chi connectivity index (χ3v) is 6.09. The molecule has 1 atom stereocenters. The maximum Gasteiger partial charge on any atom is 0.417 e. The Bertz CT molecular complexity index is 879. The number of hydrogen-bond donors (Lipinski definition) is 1. The third kappa shape index (κ3) is 4.74. The van der Waals surface area contributed by atoms with Crippen molar-refractivity contribution >= 4 is 17.8 Å². The number of rotatable bonds is 5. The Labute approximate surface area is 184 Å². The van der Waals surface area contributed by atoms with Crippen molar-refractivity contribution in [1.29, 1.82) is 0 Å². The third-order valence-electron chi connectivity index (χ3n) is 6.09. The number of likely N-dealkylation sites (tertiary alicyclic amines) is 1. The number of benzene rings is 1. The van der Waals surface area contributed by atoms with Gasteiger partial charge in [0, 0.05) is 25.9 Å². The second-order valence-electron chi connectivity index (χ2n) is 8.69. The van der Waals surface area contributed by atoms with Crippen LogP contribution in [0.15, 0.2) is 24.3 Å². The molecule has 0 saturated carbocycles. The zero-order chi connectivity index (χ0) is 23.7. The van der Waals surface area contributed by atoms with E-state index in [1.807, 2.05) is 13.8 Å². The lowest BCUT2D eigenvalue weighted by molar-refractivity contribution is -0.149. The molecule has 176 valence electrons. The van der Waals surface area contributed by atoms with Crippen molar-refractivity contribution in [1.82, 2.24) is 15.1 Å². The van der Waals surface area contributed by atoms with Crippen LogP contribution in [0.4, 0.5) is 13.2 Å². The summed E-state index contributed by atoms with van der Waals surface area (Å²) < 4.78 is 44.8. The van der Waals surface area contributed by atoms with Gasteiger partial charge in [0.15, 0.2) is 0 Å². The smallest absolute Gasteiger partial charge is 0.417 e. The lowest BCUT2D eigenvalue weighted by Crippen LogP contribution is -2.60. The largest absolute Gasteiger partial charge is 0.468 e. The summed E-state index contributed by atoms with van der Waals surface area (Å²) in [5, 5.41) is 3.35. The minimum absolute atomic E-state index is 0.150. The van der Waals surface area contributed by atoms with Gasteiger partial charge in [0.05, 0.1) is 29.9 Å². The Hall–Kier alpha value is -2.62. The summed E-state index contributed by atoms with van der Waals surface area (Å²) >= 11 is 0. The number of alkyl halides is 3. The molecule has 3 rings (SSSR count). The van der Waals surface area contributed by atoms with Crippen molar-refractivity contribution in [2.24, 2.45) is 5.92 Å². The molecule has 0 radical (unpaired) electrons. The summed E-state index contributed by atoms with van der Waals surface area (Å²) in [6.07, 6.45) is -3.46. The molecule has 32 heavy (non-hydrogen) atoms. The molecule has 1 aromatic carbocycles. The van der Waals surface area contributed by atoms with Crippen LogP contribution in [-0.4, -0.2) is 66.0 Å². The van der Waals surface area contributed by atoms with Crippen LogP contribution in [0.2, 0.25) is 0 Å². The number of amides is 2. The molecule has 2 fully saturated rings. The second kappa shape index (κ2) is 9.09. The Morgan fingerprint density at radius 1 is 1.22 bits per heavy atom. The maximum absolute atomic E-state index is 13.3. The molecule has 2 saturated heterocycles. The second-order valence-corrected chi connectivity index (χ2v) is 8.69. The molecule has 0 aromatic heterocycles. The summed E-state index contributed by atoms with van der Waals surface area (Å²) in [6.45, 7) is 4.06. The molecule has 0 bridgehead atoms. The zero-order valence-electron chi connectivity index (χ0n) is 18.4. The van der Waals surface area contributed by atoms with E-state index >= 15 is 0 Å². The summed E-state index contributed by atoms with van der Waals surface area (Å²) in [4.78, 5) is 40.7. The Morgan fingerprint density at radius 2 is 1.84 bits per heavy atom. The Morgan fingerprint density at radius 3 is 2.41 bits per heavy atom. The molecule has 2 aliphatic rings. The molecule has 2 aliphatic heterocycles. The van der Waals surface area contributed by atoms with Crippen LogP contribution in [-0.2, 0) is 20.5 Å². The van der Waals surface area contributed by atoms with E-state index in [2.05, 4.69) is 5.32 Å². The van der Waals surface area contributed by atoms with E-state index in [4.69, 9.17) is 4.74 Å². The first-order chi connectivity index (χ1) is 15.0. The van der Waals surface area contributed by atoms with Crippen LogP contribution in [0, 0.1) is 5.92 Å². The van der Waals surface area contributed by atoms with Gasteiger partial charge in [-0.3, -0.25) is 19.7 Å². The minimum Gasteiger partial charge on any atom is -0.468 e. The number of carbonyl (C=O) groups excluding carboxylic acids is 3. The van der Waals surface area contributed by atoms with E-state index in [0.717, 1.165) is 6.07 Å². The predicted octanol–water partition coefficient (Wildman–Crippen LogP) is 2.66. The first-order valence-electron chi connectivity index (χ1n) is 10.6. The van der Waals surface area contributed by atoms with Gasteiger partial charge in [-0.1, -0.05) is 26.0 Å². The van der Waals surface area contributed by atoms with Crippen molar-refractivity contribution in [3.63, 3.8) is 0 Å². The van der Waals surface area contributed by atoms with Gasteiger partial charge in [-0.2, -0.15) is 13.2 Å². The molecule has 0 aliphatic carbocycles. The number of nitrogens with one attached hydrogen (secondary N) is 1. The lowest BCUT2D eigenvalue weighted by Gasteiger charge is -2.44. The normalized spacial score (nSPS) is 20.8. The number of esters is 1. The SMILES string of the molecule is COC(=O)CN1C(=O)[C@H](CC(C)C)NC12CCN(C(=O)c1ccccc1C(F)(F)F)CC2. The number of carbonyl (C=O) groups is 3. The van der Waals surface area contributed by atoms with Crippen LogP contribution < -0.4 is 5.32 Å². The highest BCUT2D eigenvalue weighted by Gasteiger charge is 2.52. The number of halogens is 3. The van der Waals surface area contributed by atoms with Crippen LogP contribution in [0.5, 0.6) is 0 Å². The maximum atomic E-state index is 13.3. The number of hydrogen-bond acceptors (Lipinski definition) is 5. The summed E-state index contributed by atoms with van der Waals surface area (Å²) in [7, 11) is 1.24. The molecule has 10 heteroatoms. The van der Waals surface area contributed by atoms with E-state index in [-0.39, 0.29) is 31.5 Å². The highest BCUT2D eigenvalue weighted by molar-refractivity contribution is 5.96. The molecule has 2 amide bonds. The fourth-order valence-electron chi connectivity index (χ4n) is 4.50. The first kappa shape index (κ1) is 24.0. The van der Waals surface area contributed by atoms with Crippen molar-refractivity contribution < 1.29 is 32.3 Å². The van der Waals surface area contributed by atoms with Crippen LogP contribution >= 0.6 is 0 Å². The van der Waals surface area contributed by atoms with E-state index in [0.29, 0.717) is 19.3 Å². The molecular weight excluding hydrogens is 427 g/mol. The number of piperidine rings is 1. The molecule has 0 unspecified atom stereocenters. The standard InChI is InChI=1S/C22H28F3N3O4/c1-14(2)12-17-20(31)28(13-18(29)32-3)21(26-17)8-10-27(11-9-21)19(30)15-6-4-5-7-16(15)22(23,24)25/h4-7,14,17,26H,8-13H2,1-3H3/t17-/m0/s1. The highest BCUT2D eigenvalue weighted by atomic mass is 19.4. The van der Waals surface area contributed by atoms with Gasteiger partial charge in [-0.05, 0) is 24.5 Å². The van der Waals surface area contributed by atoms with E-state index in [1.54, 1.807) is 0 Å². The first-order valence-corrected chi connectivity index (χ1v) is 10.6. The number of methoxy groups -OCH3 is 1. The molecule has 1 aromatic rings. The van der Waals surface area contributed by atoms with Gasteiger partial charge in [0.1, 0.15) is 6.54 Å². The minimum atomic E-state index is -4.63. The quantitative estimate of drug-likeness (QED) is 0.691. The molecule has 1 spiro atoms. The van der Waals surface area contributed by atoms with Gasteiger partial charge in [0.2, 0.25) is 5.91 Å². The average molecular weight is 455 g/mol. The van der Waals surface area contributed by atoms with Gasteiger partial charge >= 0.3 is 12.1 Å². The summed E-state index contributed by atoms with van der Waals surface area (Å²) in [5.41, 5.74) is -2.20. The van der Waals surface area contributed by atoms with Gasteiger partial charge in [0.25, 0.3) is 5.91 Å². The lowest BCUT2D eigenvalue weighted by atomic mass is 9.94.